The Balaban J connectivity index is 4.81. The van der Waals surface area contributed by atoms with Crippen LogP contribution < -0.4 is 5.32 Å². The Morgan fingerprint density at radius 2 is 1.54 bits per heavy atom. The first-order valence-corrected chi connectivity index (χ1v) is 6.16. The van der Waals surface area contributed by atoms with Gasteiger partial charge < -0.3 is 5.32 Å². The summed E-state index contributed by atoms with van der Waals surface area (Å²) in [4.78, 5) is 0. The molecule has 80 valence electrons. The molecule has 0 saturated heterocycles. The average molecular weight is 237 g/mol. The van der Waals surface area contributed by atoms with E-state index in [1.165, 1.54) is 6.92 Å². The minimum absolute atomic E-state index is 0.210. The molecule has 0 fully saturated rings. The monoisotopic (exact) mass is 237 g/mol. The smallest absolute Gasteiger partial charge is 0.314 e. The molecule has 0 aliphatic rings. The normalized spacial score (nSPS) is 13.5. The van der Waals surface area contributed by atoms with Crippen LogP contribution >= 0.6 is 0 Å². The van der Waals surface area contributed by atoms with Crippen LogP contribution in [0.2, 0.25) is 0 Å². The highest BCUT2D eigenvalue weighted by atomic mass is 32.3. The van der Waals surface area contributed by atoms with E-state index in [9.17, 15) is 24.6 Å². The molecule has 0 unspecified atom stereocenters. The topological polar surface area (TPSA) is 80.3 Å². The number of hydrogen-bond acceptors (Lipinski definition) is 5. The lowest BCUT2D eigenvalue weighted by Crippen LogP contribution is -2.35. The van der Waals surface area contributed by atoms with Crippen molar-refractivity contribution in [3.8, 4) is 0 Å². The fraction of sp³-hybridized carbons (Fsp3) is 1.00. The molecule has 0 aromatic rings. The van der Waals surface area contributed by atoms with Crippen LogP contribution in [0.4, 0.5) is 7.77 Å². The largest absolute Gasteiger partial charge is 0.323 e. The van der Waals surface area contributed by atoms with Crippen LogP contribution in [0.5, 0.6) is 0 Å². The van der Waals surface area contributed by atoms with E-state index < -0.39 is 31.6 Å². The summed E-state index contributed by atoms with van der Waals surface area (Å²) >= 11 is 0. The minimum atomic E-state index is -5.42. The van der Waals surface area contributed by atoms with Crippen molar-refractivity contribution in [3.05, 3.63) is 0 Å². The van der Waals surface area contributed by atoms with Gasteiger partial charge in [0.05, 0.1) is 0 Å². The summed E-state index contributed by atoms with van der Waals surface area (Å²) < 4.78 is 62.3. The Kier molecular flexibility index (Phi) is 4.20. The van der Waals surface area contributed by atoms with Gasteiger partial charge in [-0.25, -0.2) is 0 Å². The third kappa shape index (κ3) is 4.48. The fourth-order valence-electron chi connectivity index (χ4n) is 0.599. The van der Waals surface area contributed by atoms with Crippen molar-refractivity contribution in [2.45, 2.75) is 11.5 Å². The second-order valence-electron chi connectivity index (χ2n) is 2.19. The zero-order valence-corrected chi connectivity index (χ0v) is 8.33. The second kappa shape index (κ2) is 4.29. The molecule has 0 aliphatic carbocycles. The Morgan fingerprint density at radius 1 is 1.15 bits per heavy atom. The van der Waals surface area contributed by atoms with E-state index in [0.29, 0.717) is 0 Å². The standard InChI is InChI=1S/C4H9F2NO4S2/c1-2-7-3-4(12(5,8)9)13(6,10)11/h4,7H,2-3H2,1H3. The summed E-state index contributed by atoms with van der Waals surface area (Å²) in [6, 6.07) is 0. The number of nitrogens with one attached hydrogen (secondary N) is 1. The number of hydrogen-bond donors (Lipinski definition) is 1. The van der Waals surface area contributed by atoms with E-state index in [0.717, 1.165) is 0 Å². The first-order valence-electron chi connectivity index (χ1n) is 3.27. The van der Waals surface area contributed by atoms with E-state index in [-0.39, 0.29) is 6.54 Å². The molecular weight excluding hydrogens is 228 g/mol. The quantitative estimate of drug-likeness (QED) is 0.653. The zero-order chi connectivity index (χ0) is 10.7. The van der Waals surface area contributed by atoms with Gasteiger partial charge in [0.2, 0.25) is 4.58 Å². The Hall–Kier alpha value is -0.280. The van der Waals surface area contributed by atoms with Gasteiger partial charge in [0.15, 0.2) is 0 Å². The van der Waals surface area contributed by atoms with Crippen molar-refractivity contribution in [2.75, 3.05) is 13.1 Å². The first kappa shape index (κ1) is 12.7. The molecule has 1 N–H and O–H groups in total. The third-order valence-corrected chi connectivity index (χ3v) is 4.16. The van der Waals surface area contributed by atoms with Gasteiger partial charge in [-0.1, -0.05) is 6.92 Å². The summed E-state index contributed by atoms with van der Waals surface area (Å²) in [5.41, 5.74) is 0. The van der Waals surface area contributed by atoms with Gasteiger partial charge in [0.1, 0.15) is 0 Å². The SMILES string of the molecule is CCNCC(S(=O)(=O)F)S(=O)(=O)F. The average Bonchev–Trinajstić information content (AvgIpc) is 1.81. The molecule has 13 heavy (non-hydrogen) atoms. The lowest BCUT2D eigenvalue weighted by Gasteiger charge is -2.07. The van der Waals surface area contributed by atoms with Gasteiger partial charge in [-0.15, -0.1) is 7.77 Å². The molecule has 0 aliphatic heterocycles. The summed E-state index contributed by atoms with van der Waals surface area (Å²) in [6.07, 6.45) is 0. The summed E-state index contributed by atoms with van der Waals surface area (Å²) in [5.74, 6) is 0. The van der Waals surface area contributed by atoms with Gasteiger partial charge in [0, 0.05) is 6.54 Å². The lowest BCUT2D eigenvalue weighted by atomic mass is 10.7. The predicted molar refractivity (Wildman–Crippen MR) is 42.4 cm³/mol. The highest BCUT2D eigenvalue weighted by Gasteiger charge is 2.37. The van der Waals surface area contributed by atoms with E-state index in [2.05, 4.69) is 5.32 Å². The molecular formula is C4H9F2NO4S2. The highest BCUT2D eigenvalue weighted by Crippen LogP contribution is 2.12. The molecule has 0 aromatic heterocycles. The van der Waals surface area contributed by atoms with Gasteiger partial charge in [-0.3, -0.25) is 0 Å². The maximum Gasteiger partial charge on any atom is 0.323 e. The molecule has 0 radical (unpaired) electrons. The Morgan fingerprint density at radius 3 is 1.77 bits per heavy atom. The van der Waals surface area contributed by atoms with E-state index >= 15 is 0 Å². The van der Waals surface area contributed by atoms with Gasteiger partial charge in [0.25, 0.3) is 0 Å². The van der Waals surface area contributed by atoms with E-state index in [1.807, 2.05) is 0 Å². The summed E-state index contributed by atoms with van der Waals surface area (Å²) in [7, 11) is -10.8. The number of halogens is 2. The van der Waals surface area contributed by atoms with Crippen LogP contribution in [-0.2, 0) is 20.4 Å². The van der Waals surface area contributed by atoms with Gasteiger partial charge in [-0.2, -0.15) is 16.8 Å². The van der Waals surface area contributed by atoms with Crippen molar-refractivity contribution in [1.29, 1.82) is 0 Å². The molecule has 9 heteroatoms. The van der Waals surface area contributed by atoms with Gasteiger partial charge >= 0.3 is 20.4 Å². The molecule has 0 rings (SSSR count). The maximum atomic E-state index is 12.2. The van der Waals surface area contributed by atoms with Crippen LogP contribution in [0.25, 0.3) is 0 Å². The molecule has 0 heterocycles. The first-order chi connectivity index (χ1) is 5.69. The molecule has 0 saturated carbocycles. The molecule has 5 nitrogen and oxygen atoms in total. The molecule has 0 amide bonds. The van der Waals surface area contributed by atoms with E-state index in [1.54, 1.807) is 0 Å². The Bertz CT molecular complexity index is 316. The molecule has 0 spiro atoms. The van der Waals surface area contributed by atoms with Crippen molar-refractivity contribution < 1.29 is 24.6 Å². The van der Waals surface area contributed by atoms with Crippen molar-refractivity contribution in [1.82, 2.24) is 5.32 Å². The van der Waals surface area contributed by atoms with Crippen molar-refractivity contribution >= 4 is 20.4 Å². The molecule has 0 atom stereocenters. The summed E-state index contributed by atoms with van der Waals surface area (Å²) in [6.45, 7) is 0.947. The summed E-state index contributed by atoms with van der Waals surface area (Å²) in [5, 5.41) is 2.22. The van der Waals surface area contributed by atoms with Crippen LogP contribution in [0.15, 0.2) is 0 Å². The zero-order valence-electron chi connectivity index (χ0n) is 6.70. The second-order valence-corrected chi connectivity index (χ2v) is 5.53. The van der Waals surface area contributed by atoms with Crippen LogP contribution in [0.3, 0.4) is 0 Å². The van der Waals surface area contributed by atoms with Crippen molar-refractivity contribution in [3.63, 3.8) is 0 Å². The fourth-order valence-corrected chi connectivity index (χ4v) is 2.33. The maximum absolute atomic E-state index is 12.2. The predicted octanol–water partition coefficient (Wildman–Crippen LogP) is -0.479. The minimum Gasteiger partial charge on any atom is -0.314 e. The van der Waals surface area contributed by atoms with Crippen LogP contribution in [0.1, 0.15) is 6.92 Å². The molecule has 0 aromatic carbocycles. The van der Waals surface area contributed by atoms with Crippen molar-refractivity contribution in [2.24, 2.45) is 0 Å². The van der Waals surface area contributed by atoms with Crippen LogP contribution in [0, 0.1) is 0 Å². The lowest BCUT2D eigenvalue weighted by molar-refractivity contribution is 0.518. The Labute approximate surface area is 75.6 Å². The highest BCUT2D eigenvalue weighted by molar-refractivity contribution is 8.04. The number of rotatable bonds is 5. The van der Waals surface area contributed by atoms with Crippen LogP contribution in [-0.4, -0.2) is 34.5 Å². The third-order valence-electron chi connectivity index (χ3n) is 1.19. The van der Waals surface area contributed by atoms with Gasteiger partial charge in [-0.05, 0) is 6.54 Å². The van der Waals surface area contributed by atoms with E-state index in [4.69, 9.17) is 0 Å². The molecule has 0 bridgehead atoms.